The molecule has 0 aromatic carbocycles. The van der Waals surface area contributed by atoms with E-state index in [1.165, 1.54) is 11.8 Å². The van der Waals surface area contributed by atoms with Crippen LogP contribution in [0, 0.1) is 0 Å². The van der Waals surface area contributed by atoms with E-state index in [1.807, 2.05) is 13.3 Å². The van der Waals surface area contributed by atoms with E-state index < -0.39 is 5.97 Å². The summed E-state index contributed by atoms with van der Waals surface area (Å²) in [6.45, 7) is 0. The quantitative estimate of drug-likeness (QED) is 0.463. The van der Waals surface area contributed by atoms with Crippen molar-refractivity contribution >= 4 is 17.7 Å². The number of rotatable bonds is 2. The standard InChI is InChI=1S/C8H9NO2S/c1-9-4-3-6(8(10)11)7(5-9)12-2/h3-5H,1-2H3. The van der Waals surface area contributed by atoms with Crippen molar-refractivity contribution in [2.24, 2.45) is 7.05 Å². The second-order valence-electron chi connectivity index (χ2n) is 2.38. The number of carboxylic acids is 1. The lowest BCUT2D eigenvalue weighted by Crippen LogP contribution is -2.30. The molecule has 4 heteroatoms. The summed E-state index contributed by atoms with van der Waals surface area (Å²) >= 11 is 1.40. The first kappa shape index (κ1) is 9.06. The van der Waals surface area contributed by atoms with Crippen LogP contribution in [0.1, 0.15) is 10.4 Å². The zero-order chi connectivity index (χ0) is 9.14. The van der Waals surface area contributed by atoms with Crippen molar-refractivity contribution in [3.8, 4) is 0 Å². The van der Waals surface area contributed by atoms with Crippen molar-refractivity contribution in [2.45, 2.75) is 4.90 Å². The second kappa shape index (κ2) is 3.58. The van der Waals surface area contributed by atoms with Crippen LogP contribution in [0.25, 0.3) is 0 Å². The van der Waals surface area contributed by atoms with Crippen LogP contribution in [0.3, 0.4) is 0 Å². The first-order valence-electron chi connectivity index (χ1n) is 3.39. The van der Waals surface area contributed by atoms with E-state index in [1.54, 1.807) is 23.0 Å². The van der Waals surface area contributed by atoms with Crippen molar-refractivity contribution in [3.05, 3.63) is 24.0 Å². The Hall–Kier alpha value is -1.03. The van der Waals surface area contributed by atoms with Crippen molar-refractivity contribution < 1.29 is 14.5 Å². The van der Waals surface area contributed by atoms with Crippen LogP contribution in [0.15, 0.2) is 23.4 Å². The van der Waals surface area contributed by atoms with E-state index in [-0.39, 0.29) is 5.56 Å². The lowest BCUT2D eigenvalue weighted by Gasteiger charge is -2.04. The number of carbonyl (C=O) groups excluding carboxylic acids is 1. The summed E-state index contributed by atoms with van der Waals surface area (Å²) in [5, 5.41) is 10.6. The third kappa shape index (κ3) is 1.76. The van der Waals surface area contributed by atoms with Gasteiger partial charge in [0.25, 0.3) is 0 Å². The molecule has 64 valence electrons. The largest absolute Gasteiger partial charge is 0.545 e. The Morgan fingerprint density at radius 1 is 1.67 bits per heavy atom. The average Bonchev–Trinajstić information content (AvgIpc) is 2.03. The van der Waals surface area contributed by atoms with E-state index in [2.05, 4.69) is 0 Å². The highest BCUT2D eigenvalue weighted by Crippen LogP contribution is 2.16. The van der Waals surface area contributed by atoms with E-state index in [0.29, 0.717) is 0 Å². The molecule has 0 spiro atoms. The second-order valence-corrected chi connectivity index (χ2v) is 3.23. The SMILES string of the molecule is CSc1c[n+](C)ccc1C(=O)[O-]. The van der Waals surface area contributed by atoms with Gasteiger partial charge in [0.1, 0.15) is 7.05 Å². The Labute approximate surface area is 75.0 Å². The number of hydrogen-bond donors (Lipinski definition) is 0. The summed E-state index contributed by atoms with van der Waals surface area (Å²) in [4.78, 5) is 11.3. The van der Waals surface area contributed by atoms with Crippen LogP contribution < -0.4 is 9.67 Å². The molecule has 0 saturated carbocycles. The summed E-state index contributed by atoms with van der Waals surface area (Å²) in [6, 6.07) is 1.54. The van der Waals surface area contributed by atoms with Crippen molar-refractivity contribution in [1.29, 1.82) is 0 Å². The van der Waals surface area contributed by atoms with Gasteiger partial charge in [-0.1, -0.05) is 0 Å². The van der Waals surface area contributed by atoms with Crippen LogP contribution in [-0.4, -0.2) is 12.2 Å². The molecule has 1 aromatic rings. The van der Waals surface area contributed by atoms with Crippen molar-refractivity contribution in [3.63, 3.8) is 0 Å². The highest BCUT2D eigenvalue weighted by atomic mass is 32.2. The summed E-state index contributed by atoms with van der Waals surface area (Å²) in [7, 11) is 1.85. The smallest absolute Gasteiger partial charge is 0.182 e. The first-order valence-corrected chi connectivity index (χ1v) is 4.62. The number of pyridine rings is 1. The Morgan fingerprint density at radius 3 is 2.83 bits per heavy atom. The number of thioether (sulfide) groups is 1. The van der Waals surface area contributed by atoms with Gasteiger partial charge in [0, 0.05) is 11.6 Å². The lowest BCUT2D eigenvalue weighted by atomic mass is 10.3. The van der Waals surface area contributed by atoms with Gasteiger partial charge in [-0.05, 0) is 6.26 Å². The predicted octanol–water partition coefficient (Wildman–Crippen LogP) is -0.403. The number of nitrogens with zero attached hydrogens (tertiary/aromatic N) is 1. The molecule has 0 aliphatic carbocycles. The van der Waals surface area contributed by atoms with Gasteiger partial charge >= 0.3 is 0 Å². The summed E-state index contributed by atoms with van der Waals surface area (Å²) < 4.78 is 1.80. The molecule has 0 saturated heterocycles. The molecule has 0 atom stereocenters. The van der Waals surface area contributed by atoms with Gasteiger partial charge < -0.3 is 9.90 Å². The zero-order valence-corrected chi connectivity index (χ0v) is 7.72. The van der Waals surface area contributed by atoms with Crippen molar-refractivity contribution in [1.82, 2.24) is 0 Å². The molecule has 12 heavy (non-hydrogen) atoms. The lowest BCUT2D eigenvalue weighted by molar-refractivity contribution is -0.673. The average molecular weight is 183 g/mol. The van der Waals surface area contributed by atoms with Gasteiger partial charge in [-0.15, -0.1) is 11.8 Å². The third-order valence-electron chi connectivity index (χ3n) is 1.50. The number of carbonyl (C=O) groups is 1. The van der Waals surface area contributed by atoms with Gasteiger partial charge in [0.15, 0.2) is 12.4 Å². The summed E-state index contributed by atoms with van der Waals surface area (Å²) in [6.07, 6.45) is 5.28. The molecular formula is C8H9NO2S. The normalized spacial score (nSPS) is 9.83. The molecule has 1 heterocycles. The monoisotopic (exact) mass is 183 g/mol. The van der Waals surface area contributed by atoms with Crippen LogP contribution >= 0.6 is 11.8 Å². The number of aryl methyl sites for hydroxylation is 1. The number of aromatic nitrogens is 1. The Kier molecular flexibility index (Phi) is 2.70. The zero-order valence-electron chi connectivity index (χ0n) is 6.90. The van der Waals surface area contributed by atoms with Gasteiger partial charge in [-0.25, -0.2) is 4.57 Å². The van der Waals surface area contributed by atoms with Gasteiger partial charge in [0.05, 0.1) is 10.9 Å². The van der Waals surface area contributed by atoms with Crippen LogP contribution in [0.5, 0.6) is 0 Å². The molecule has 0 aliphatic rings. The maximum atomic E-state index is 10.6. The van der Waals surface area contributed by atoms with E-state index in [9.17, 15) is 9.90 Å². The molecule has 0 amide bonds. The molecule has 1 rings (SSSR count). The number of hydrogen-bond acceptors (Lipinski definition) is 3. The fraction of sp³-hybridized carbons (Fsp3) is 0.250. The molecular weight excluding hydrogens is 174 g/mol. The third-order valence-corrected chi connectivity index (χ3v) is 2.27. The molecule has 0 bridgehead atoms. The van der Waals surface area contributed by atoms with E-state index in [4.69, 9.17) is 0 Å². The fourth-order valence-corrected chi connectivity index (χ4v) is 1.55. The molecule has 0 fully saturated rings. The number of carboxylic acid groups (broad SMARTS) is 1. The highest BCUT2D eigenvalue weighted by molar-refractivity contribution is 7.98. The molecule has 3 nitrogen and oxygen atoms in total. The number of aromatic carboxylic acids is 1. The van der Waals surface area contributed by atoms with E-state index >= 15 is 0 Å². The Morgan fingerprint density at radius 2 is 2.33 bits per heavy atom. The minimum absolute atomic E-state index is 0.251. The van der Waals surface area contributed by atoms with Gasteiger partial charge in [-0.2, -0.15) is 0 Å². The molecule has 0 radical (unpaired) electrons. The maximum Gasteiger partial charge on any atom is 0.182 e. The fourth-order valence-electron chi connectivity index (χ4n) is 0.903. The minimum atomic E-state index is -1.13. The van der Waals surface area contributed by atoms with E-state index in [0.717, 1.165) is 4.90 Å². The predicted molar refractivity (Wildman–Crippen MR) is 43.7 cm³/mol. The Bertz CT molecular complexity index is 312. The summed E-state index contributed by atoms with van der Waals surface area (Å²) in [5.74, 6) is -1.13. The van der Waals surface area contributed by atoms with Crippen LogP contribution in [0.4, 0.5) is 0 Å². The van der Waals surface area contributed by atoms with Crippen LogP contribution in [-0.2, 0) is 7.05 Å². The van der Waals surface area contributed by atoms with Crippen LogP contribution in [0.2, 0.25) is 0 Å². The molecule has 1 aromatic heterocycles. The van der Waals surface area contributed by atoms with Crippen molar-refractivity contribution in [2.75, 3.05) is 6.26 Å². The summed E-state index contributed by atoms with van der Waals surface area (Å²) in [5.41, 5.74) is 0.251. The topological polar surface area (TPSA) is 44.0 Å². The molecule has 0 N–H and O–H groups in total. The highest BCUT2D eigenvalue weighted by Gasteiger charge is 2.05. The Balaban J connectivity index is 3.20. The maximum absolute atomic E-state index is 10.6. The first-order chi connectivity index (χ1) is 5.65. The molecule has 0 unspecified atom stereocenters. The molecule has 0 aliphatic heterocycles. The minimum Gasteiger partial charge on any atom is -0.545 e. The van der Waals surface area contributed by atoms with Gasteiger partial charge in [0.2, 0.25) is 0 Å². The van der Waals surface area contributed by atoms with Gasteiger partial charge in [-0.3, -0.25) is 0 Å².